The van der Waals surface area contributed by atoms with Gasteiger partial charge in [-0.2, -0.15) is 0 Å². The summed E-state index contributed by atoms with van der Waals surface area (Å²) < 4.78 is 18.4. The molecule has 160 valence electrons. The Morgan fingerprint density at radius 2 is 1.77 bits per heavy atom. The number of halogens is 1. The van der Waals surface area contributed by atoms with Crippen LogP contribution < -0.4 is 9.64 Å². The van der Waals surface area contributed by atoms with Crippen molar-refractivity contribution in [3.63, 3.8) is 0 Å². The fraction of sp³-hybridized carbons (Fsp3) is 0.240. The second-order valence-electron chi connectivity index (χ2n) is 7.66. The third kappa shape index (κ3) is 4.27. The van der Waals surface area contributed by atoms with E-state index in [0.29, 0.717) is 24.2 Å². The number of rotatable bonds is 7. The van der Waals surface area contributed by atoms with E-state index in [0.717, 1.165) is 16.2 Å². The Morgan fingerprint density at radius 3 is 2.42 bits per heavy atom. The summed E-state index contributed by atoms with van der Waals surface area (Å²) in [7, 11) is 1.56. The van der Waals surface area contributed by atoms with Gasteiger partial charge in [-0.3, -0.25) is 0 Å². The number of thiocarbonyl (C=S) groups is 1. The van der Waals surface area contributed by atoms with E-state index in [1.165, 1.54) is 12.1 Å². The monoisotopic (exact) mass is 437 g/mol. The van der Waals surface area contributed by atoms with Crippen LogP contribution in [0.15, 0.2) is 72.8 Å². The molecule has 3 aromatic rings. The molecule has 4 rings (SSSR count). The van der Waals surface area contributed by atoms with E-state index in [2.05, 4.69) is 0 Å². The highest BCUT2D eigenvalue weighted by molar-refractivity contribution is 7.80. The lowest BCUT2D eigenvalue weighted by molar-refractivity contribution is 0.157. The summed E-state index contributed by atoms with van der Waals surface area (Å²) in [6.45, 7) is 0. The lowest BCUT2D eigenvalue weighted by Crippen LogP contribution is -2.54. The smallest absolute Gasteiger partial charge is 0.124 e. The van der Waals surface area contributed by atoms with Crippen molar-refractivity contribution in [1.82, 2.24) is 0 Å². The summed E-state index contributed by atoms with van der Waals surface area (Å²) in [6, 6.07) is 20.9. The van der Waals surface area contributed by atoms with Gasteiger partial charge < -0.3 is 19.8 Å². The Bertz CT molecular complexity index is 1060. The van der Waals surface area contributed by atoms with Crippen LogP contribution in [-0.2, 0) is 0 Å². The van der Waals surface area contributed by atoms with Crippen LogP contribution in [0.1, 0.15) is 36.1 Å². The summed E-state index contributed by atoms with van der Waals surface area (Å²) >= 11 is 5.75. The van der Waals surface area contributed by atoms with Gasteiger partial charge in [0.15, 0.2) is 0 Å². The SMILES string of the molecule is COc1ccc([C@@H]2[C@@H](CCC(O)c3ccc(F)cc3)C(=S)N2c2ccccc2)c(O)c1. The zero-order valence-corrected chi connectivity index (χ0v) is 17.9. The van der Waals surface area contributed by atoms with Crippen LogP contribution in [0.3, 0.4) is 0 Å². The third-order valence-corrected chi connectivity index (χ3v) is 6.31. The first kappa shape index (κ1) is 21.3. The van der Waals surface area contributed by atoms with Crippen molar-refractivity contribution in [2.75, 3.05) is 12.0 Å². The molecule has 3 aromatic carbocycles. The largest absolute Gasteiger partial charge is 0.507 e. The minimum atomic E-state index is -0.709. The maximum absolute atomic E-state index is 13.2. The predicted molar refractivity (Wildman–Crippen MR) is 123 cm³/mol. The van der Waals surface area contributed by atoms with Gasteiger partial charge in [-0.25, -0.2) is 4.39 Å². The van der Waals surface area contributed by atoms with Gasteiger partial charge in [-0.05, 0) is 54.8 Å². The van der Waals surface area contributed by atoms with Gasteiger partial charge in [0, 0.05) is 23.2 Å². The highest BCUT2D eigenvalue weighted by Gasteiger charge is 2.46. The Labute approximate surface area is 186 Å². The van der Waals surface area contributed by atoms with Gasteiger partial charge in [0.25, 0.3) is 0 Å². The van der Waals surface area contributed by atoms with Crippen molar-refractivity contribution in [3.05, 3.63) is 89.7 Å². The number of phenols is 1. The minimum Gasteiger partial charge on any atom is -0.507 e. The summed E-state index contributed by atoms with van der Waals surface area (Å²) in [6.07, 6.45) is 0.405. The molecular formula is C25H24FNO3S. The molecule has 4 nitrogen and oxygen atoms in total. The van der Waals surface area contributed by atoms with Crippen LogP contribution in [0.25, 0.3) is 0 Å². The fourth-order valence-electron chi connectivity index (χ4n) is 4.15. The van der Waals surface area contributed by atoms with Gasteiger partial charge in [0.2, 0.25) is 0 Å². The van der Waals surface area contributed by atoms with Crippen LogP contribution in [0.5, 0.6) is 11.5 Å². The first-order valence-corrected chi connectivity index (χ1v) is 10.6. The summed E-state index contributed by atoms with van der Waals surface area (Å²) in [5.74, 6) is 0.379. The number of aliphatic hydroxyl groups is 1. The van der Waals surface area contributed by atoms with Crippen molar-refractivity contribution >= 4 is 22.9 Å². The number of aromatic hydroxyl groups is 1. The molecule has 0 aromatic heterocycles. The lowest BCUT2D eigenvalue weighted by atomic mass is 9.78. The van der Waals surface area contributed by atoms with Crippen molar-refractivity contribution < 1.29 is 19.3 Å². The molecule has 0 spiro atoms. The predicted octanol–water partition coefficient (Wildman–Crippen LogP) is 5.56. The van der Waals surface area contributed by atoms with Crippen molar-refractivity contribution in [2.24, 2.45) is 5.92 Å². The molecule has 1 heterocycles. The first-order chi connectivity index (χ1) is 15.0. The molecule has 0 radical (unpaired) electrons. The van der Waals surface area contributed by atoms with E-state index in [4.69, 9.17) is 17.0 Å². The molecule has 0 saturated carbocycles. The quantitative estimate of drug-likeness (QED) is 0.474. The molecule has 2 N–H and O–H groups in total. The van der Waals surface area contributed by atoms with Gasteiger partial charge in [-0.1, -0.05) is 42.5 Å². The number of benzene rings is 3. The van der Waals surface area contributed by atoms with Crippen molar-refractivity contribution in [2.45, 2.75) is 25.0 Å². The van der Waals surface area contributed by atoms with E-state index in [1.807, 2.05) is 47.4 Å². The molecule has 0 aliphatic carbocycles. The Kier molecular flexibility index (Phi) is 6.20. The summed E-state index contributed by atoms with van der Waals surface area (Å²) in [5.41, 5.74) is 2.40. The van der Waals surface area contributed by atoms with Gasteiger partial charge in [0.05, 0.1) is 24.2 Å². The average molecular weight is 438 g/mol. The number of phenolic OH excluding ortho intramolecular Hbond substituents is 1. The Hall–Kier alpha value is -2.96. The highest BCUT2D eigenvalue weighted by atomic mass is 32.1. The van der Waals surface area contributed by atoms with E-state index in [9.17, 15) is 14.6 Å². The molecule has 1 saturated heterocycles. The Balaban J connectivity index is 1.58. The number of aliphatic hydroxyl groups excluding tert-OH is 1. The molecule has 1 aliphatic rings. The molecule has 1 aliphatic heterocycles. The van der Waals surface area contributed by atoms with Crippen LogP contribution >= 0.6 is 12.2 Å². The molecule has 6 heteroatoms. The van der Waals surface area contributed by atoms with E-state index in [-0.39, 0.29) is 23.5 Å². The zero-order valence-electron chi connectivity index (χ0n) is 17.1. The van der Waals surface area contributed by atoms with E-state index in [1.54, 1.807) is 25.3 Å². The number of hydrogen-bond donors (Lipinski definition) is 2. The number of nitrogens with zero attached hydrogens (tertiary/aromatic N) is 1. The molecule has 0 amide bonds. The number of para-hydroxylation sites is 1. The number of anilines is 1. The lowest BCUT2D eigenvalue weighted by Gasteiger charge is -2.50. The molecule has 3 atom stereocenters. The van der Waals surface area contributed by atoms with Gasteiger partial charge >= 0.3 is 0 Å². The molecule has 1 fully saturated rings. The molecule has 0 bridgehead atoms. The van der Waals surface area contributed by atoms with Crippen molar-refractivity contribution in [1.29, 1.82) is 0 Å². The fourth-order valence-corrected chi connectivity index (χ4v) is 4.62. The number of ether oxygens (including phenoxy) is 1. The van der Waals surface area contributed by atoms with E-state index >= 15 is 0 Å². The third-order valence-electron chi connectivity index (χ3n) is 5.81. The Morgan fingerprint density at radius 1 is 1.06 bits per heavy atom. The maximum Gasteiger partial charge on any atom is 0.124 e. The van der Waals surface area contributed by atoms with Crippen LogP contribution in [-0.4, -0.2) is 22.3 Å². The van der Waals surface area contributed by atoms with E-state index < -0.39 is 6.10 Å². The van der Waals surface area contributed by atoms with Gasteiger partial charge in [-0.15, -0.1) is 0 Å². The minimum absolute atomic E-state index is 0.0235. The second-order valence-corrected chi connectivity index (χ2v) is 8.08. The van der Waals surface area contributed by atoms with Crippen LogP contribution in [0, 0.1) is 11.7 Å². The van der Waals surface area contributed by atoms with Crippen molar-refractivity contribution in [3.8, 4) is 11.5 Å². The van der Waals surface area contributed by atoms with Crippen LogP contribution in [0.4, 0.5) is 10.1 Å². The molecule has 1 unspecified atom stereocenters. The number of hydrogen-bond acceptors (Lipinski definition) is 4. The normalized spacial score (nSPS) is 19.1. The summed E-state index contributed by atoms with van der Waals surface area (Å²) in [5, 5.41) is 21.3. The zero-order chi connectivity index (χ0) is 22.0. The molecule has 31 heavy (non-hydrogen) atoms. The highest BCUT2D eigenvalue weighted by Crippen LogP contribution is 2.49. The topological polar surface area (TPSA) is 52.9 Å². The maximum atomic E-state index is 13.2. The van der Waals surface area contributed by atoms with Crippen LogP contribution in [0.2, 0.25) is 0 Å². The number of methoxy groups -OCH3 is 1. The summed E-state index contributed by atoms with van der Waals surface area (Å²) in [4.78, 5) is 2.82. The second kappa shape index (κ2) is 9.04. The average Bonchev–Trinajstić information content (AvgIpc) is 2.78. The van der Waals surface area contributed by atoms with Gasteiger partial charge in [0.1, 0.15) is 17.3 Å². The first-order valence-electron chi connectivity index (χ1n) is 10.2. The standard InChI is InChI=1S/C25H24FNO3S/c1-30-19-11-12-20(23(29)15-19)24-21(25(31)27(24)18-5-3-2-4-6-18)13-14-22(28)16-7-9-17(26)10-8-16/h2-12,15,21-22,24,28-29H,13-14H2,1H3/t21-,22?,24-/m1/s1. The molecular weight excluding hydrogens is 413 g/mol.